The zero-order valence-electron chi connectivity index (χ0n) is 24.8. The summed E-state index contributed by atoms with van der Waals surface area (Å²) in [6.45, 7) is 11.4. The van der Waals surface area contributed by atoms with E-state index >= 15 is 0 Å². The van der Waals surface area contributed by atoms with Crippen molar-refractivity contribution in [2.75, 3.05) is 39.5 Å². The summed E-state index contributed by atoms with van der Waals surface area (Å²) < 4.78 is 17.5. The highest BCUT2D eigenvalue weighted by molar-refractivity contribution is 5.85. The highest BCUT2D eigenvalue weighted by atomic mass is 16.6. The third kappa shape index (κ3) is 4.90. The number of amides is 3. The number of ether oxygens (including phenoxy) is 3. The molecule has 0 unspecified atom stereocenters. The fraction of sp³-hybridized carbons (Fsp3) is 0.531. The molecule has 2 aromatic heterocycles. The first kappa shape index (κ1) is 27.2. The lowest BCUT2D eigenvalue weighted by Crippen LogP contribution is -2.50. The van der Waals surface area contributed by atoms with E-state index in [4.69, 9.17) is 14.2 Å². The molecule has 10 heteroatoms. The smallest absolute Gasteiger partial charge is 0.410 e. The van der Waals surface area contributed by atoms with Crippen molar-refractivity contribution in [3.05, 3.63) is 52.8 Å². The number of urea groups is 1. The molecule has 7 rings (SSSR count). The molecule has 10 nitrogen and oxygen atoms in total. The molecule has 4 aliphatic heterocycles. The molecule has 2 bridgehead atoms. The molecule has 0 spiro atoms. The number of nitrogens with zero attached hydrogens (tertiary/aromatic N) is 4. The van der Waals surface area contributed by atoms with Gasteiger partial charge in [0, 0.05) is 49.5 Å². The topological polar surface area (TPSA) is 100 Å². The first-order chi connectivity index (χ1) is 20.1. The maximum absolute atomic E-state index is 13.7. The number of rotatable bonds is 2. The second kappa shape index (κ2) is 10.3. The van der Waals surface area contributed by atoms with E-state index in [1.807, 2.05) is 43.0 Å². The summed E-state index contributed by atoms with van der Waals surface area (Å²) in [5.74, 6) is 0. The van der Waals surface area contributed by atoms with E-state index in [0.29, 0.717) is 46.0 Å². The third-order valence-corrected chi connectivity index (χ3v) is 8.98. The quantitative estimate of drug-likeness (QED) is 0.473. The van der Waals surface area contributed by atoms with E-state index in [1.54, 1.807) is 4.90 Å². The van der Waals surface area contributed by atoms with Crippen LogP contribution in [-0.4, -0.2) is 94.0 Å². The summed E-state index contributed by atoms with van der Waals surface area (Å²) in [6, 6.07) is 6.48. The van der Waals surface area contributed by atoms with Crippen LogP contribution in [0.1, 0.15) is 55.5 Å². The van der Waals surface area contributed by atoms with Crippen LogP contribution in [0.2, 0.25) is 0 Å². The van der Waals surface area contributed by atoms with Gasteiger partial charge >= 0.3 is 12.1 Å². The van der Waals surface area contributed by atoms with Crippen LogP contribution in [0.5, 0.6) is 0 Å². The Labute approximate surface area is 245 Å². The lowest BCUT2D eigenvalue weighted by molar-refractivity contribution is -0.0334. The lowest BCUT2D eigenvalue weighted by Gasteiger charge is -2.40. The first-order valence-electron chi connectivity index (χ1n) is 15.0. The van der Waals surface area contributed by atoms with Gasteiger partial charge in [0.2, 0.25) is 0 Å². The van der Waals surface area contributed by atoms with Gasteiger partial charge in [0.15, 0.2) is 0 Å². The van der Waals surface area contributed by atoms with Crippen LogP contribution in [0.15, 0.2) is 30.6 Å². The summed E-state index contributed by atoms with van der Waals surface area (Å²) in [5.41, 5.74) is 6.74. The van der Waals surface area contributed by atoms with Gasteiger partial charge in [-0.25, -0.2) is 14.6 Å². The molecule has 3 atom stereocenters. The van der Waals surface area contributed by atoms with Gasteiger partial charge in [-0.05, 0) is 80.5 Å². The predicted octanol–water partition coefficient (Wildman–Crippen LogP) is 4.80. The van der Waals surface area contributed by atoms with Gasteiger partial charge in [-0.1, -0.05) is 6.07 Å². The summed E-state index contributed by atoms with van der Waals surface area (Å²) >= 11 is 0. The van der Waals surface area contributed by atoms with Gasteiger partial charge in [0.25, 0.3) is 0 Å². The number of hydrogen-bond donors (Lipinski definition) is 1. The first-order valence-corrected chi connectivity index (χ1v) is 15.0. The van der Waals surface area contributed by atoms with Gasteiger partial charge in [-0.2, -0.15) is 0 Å². The fourth-order valence-electron chi connectivity index (χ4n) is 6.83. The van der Waals surface area contributed by atoms with Crippen molar-refractivity contribution in [1.29, 1.82) is 0 Å². The van der Waals surface area contributed by atoms with E-state index in [1.165, 1.54) is 5.56 Å². The Balaban J connectivity index is 1.28. The van der Waals surface area contributed by atoms with Crippen molar-refractivity contribution in [2.24, 2.45) is 0 Å². The van der Waals surface area contributed by atoms with Crippen LogP contribution in [-0.2, 0) is 27.2 Å². The molecule has 6 heterocycles. The number of aryl methyl sites for hydroxylation is 1. The Morgan fingerprint density at radius 2 is 1.95 bits per heavy atom. The maximum Gasteiger partial charge on any atom is 0.410 e. The van der Waals surface area contributed by atoms with Gasteiger partial charge in [-0.3, -0.25) is 4.90 Å². The van der Waals surface area contributed by atoms with Gasteiger partial charge in [0.05, 0.1) is 38.0 Å². The molecule has 1 N–H and O–H groups in total. The average molecular weight is 574 g/mol. The van der Waals surface area contributed by atoms with Crippen LogP contribution >= 0.6 is 0 Å². The van der Waals surface area contributed by atoms with Gasteiger partial charge in [0.1, 0.15) is 11.2 Å². The molecule has 42 heavy (non-hydrogen) atoms. The normalized spacial score (nSPS) is 23.9. The lowest BCUT2D eigenvalue weighted by atomic mass is 9.87. The van der Waals surface area contributed by atoms with Gasteiger partial charge in [-0.15, -0.1) is 0 Å². The Hall–Kier alpha value is -3.63. The number of likely N-dealkylation sites (tertiary alicyclic amines) is 1. The Morgan fingerprint density at radius 3 is 2.71 bits per heavy atom. The minimum absolute atomic E-state index is 0.0768. The van der Waals surface area contributed by atoms with Crippen LogP contribution in [0, 0.1) is 6.92 Å². The zero-order chi connectivity index (χ0) is 29.2. The van der Waals surface area contributed by atoms with Crippen molar-refractivity contribution < 1.29 is 23.8 Å². The van der Waals surface area contributed by atoms with Crippen molar-refractivity contribution in [2.45, 2.75) is 70.9 Å². The molecule has 4 aliphatic rings. The van der Waals surface area contributed by atoms with Crippen molar-refractivity contribution in [1.82, 2.24) is 24.7 Å². The van der Waals surface area contributed by atoms with E-state index in [0.717, 1.165) is 51.7 Å². The maximum atomic E-state index is 13.7. The number of carbonyl (C=O) groups is 2. The summed E-state index contributed by atoms with van der Waals surface area (Å²) in [5, 5.41) is 1.09. The van der Waals surface area contributed by atoms with Crippen LogP contribution in [0.3, 0.4) is 0 Å². The number of H-pyrrole nitrogens is 1. The Morgan fingerprint density at radius 1 is 1.10 bits per heavy atom. The SMILES string of the molecule is Cc1c[nH]c2ncc(-c3cc4c(c([C@@H]5COCCN5C(=O)OC(C)(C)C)c3)CN(C(=O)N3C[C@@H]5C[C@H]3CO5)CC4)cc12. The van der Waals surface area contributed by atoms with E-state index in [2.05, 4.69) is 35.1 Å². The summed E-state index contributed by atoms with van der Waals surface area (Å²) in [4.78, 5) is 40.8. The number of morpholine rings is 2. The van der Waals surface area contributed by atoms with Crippen LogP contribution in [0.4, 0.5) is 9.59 Å². The van der Waals surface area contributed by atoms with Gasteiger partial charge < -0.3 is 29.0 Å². The minimum Gasteiger partial charge on any atom is -0.444 e. The molecule has 0 saturated carbocycles. The molecular formula is C32H39N5O5. The number of nitrogens with one attached hydrogen (secondary N) is 1. The third-order valence-electron chi connectivity index (χ3n) is 8.98. The van der Waals surface area contributed by atoms with E-state index in [9.17, 15) is 9.59 Å². The molecule has 3 saturated heterocycles. The number of aromatic nitrogens is 2. The number of aromatic amines is 1. The molecule has 1 aromatic carbocycles. The Bertz CT molecular complexity index is 1540. The van der Waals surface area contributed by atoms with E-state index in [-0.39, 0.29) is 30.3 Å². The zero-order valence-corrected chi connectivity index (χ0v) is 24.8. The minimum atomic E-state index is -0.612. The van der Waals surface area contributed by atoms with E-state index < -0.39 is 5.60 Å². The number of benzene rings is 1. The molecule has 222 valence electrons. The highest BCUT2D eigenvalue weighted by Crippen LogP contribution is 2.38. The molecule has 3 fully saturated rings. The largest absolute Gasteiger partial charge is 0.444 e. The monoisotopic (exact) mass is 573 g/mol. The summed E-state index contributed by atoms with van der Waals surface area (Å²) in [6.07, 6.45) is 5.34. The molecule has 0 aliphatic carbocycles. The number of pyridine rings is 1. The van der Waals surface area contributed by atoms with Crippen LogP contribution < -0.4 is 0 Å². The predicted molar refractivity (Wildman–Crippen MR) is 157 cm³/mol. The average Bonchev–Trinajstić information content (AvgIpc) is 3.71. The Kier molecular flexibility index (Phi) is 6.66. The van der Waals surface area contributed by atoms with Crippen molar-refractivity contribution in [3.8, 4) is 11.1 Å². The van der Waals surface area contributed by atoms with Crippen LogP contribution in [0.25, 0.3) is 22.2 Å². The number of fused-ring (bicyclic) bond motifs is 4. The summed E-state index contributed by atoms with van der Waals surface area (Å²) in [7, 11) is 0. The standard InChI is InChI=1S/C32H39N5O5/c1-19-13-33-29-25(19)11-22(14-34-29)21-9-20-5-6-35(30(38)37-15-24-12-23(37)17-41-24)16-27(20)26(10-21)28-18-40-8-7-36(28)31(39)42-32(2,3)4/h9-11,13-14,23-24,28H,5-8,12,15-18H2,1-4H3,(H,33,34)/t23-,24-,28-/m0/s1. The van der Waals surface area contributed by atoms with Crippen molar-refractivity contribution in [3.63, 3.8) is 0 Å². The molecule has 3 aromatic rings. The number of carbonyl (C=O) groups excluding carboxylic acids is 2. The molecule has 3 amide bonds. The molecular weight excluding hydrogens is 534 g/mol. The fourth-order valence-corrected chi connectivity index (χ4v) is 6.83. The highest BCUT2D eigenvalue weighted by Gasteiger charge is 2.44. The molecule has 0 radical (unpaired) electrons. The second-order valence-electron chi connectivity index (χ2n) is 13.0. The number of hydrogen-bond acceptors (Lipinski definition) is 6. The second-order valence-corrected chi connectivity index (χ2v) is 13.0. The van der Waals surface area contributed by atoms with Crippen molar-refractivity contribution >= 4 is 23.2 Å².